The molecule has 2 amide bonds. The zero-order valence-electron chi connectivity index (χ0n) is 17.7. The summed E-state index contributed by atoms with van der Waals surface area (Å²) in [5, 5.41) is 2.89. The van der Waals surface area contributed by atoms with Gasteiger partial charge in [0, 0.05) is 39.1 Å². The Morgan fingerprint density at radius 2 is 1.67 bits per heavy atom. The van der Waals surface area contributed by atoms with Crippen LogP contribution in [0.3, 0.4) is 0 Å². The summed E-state index contributed by atoms with van der Waals surface area (Å²) < 4.78 is 5.89. The van der Waals surface area contributed by atoms with E-state index in [1.54, 1.807) is 0 Å². The number of benzene rings is 2. The van der Waals surface area contributed by atoms with Crippen LogP contribution in [0.1, 0.15) is 24.5 Å². The van der Waals surface area contributed by atoms with E-state index >= 15 is 0 Å². The van der Waals surface area contributed by atoms with Crippen LogP contribution in [0, 0.1) is 0 Å². The average Bonchev–Trinajstić information content (AvgIpc) is 2.78. The first-order valence-corrected chi connectivity index (χ1v) is 10.7. The van der Waals surface area contributed by atoms with E-state index in [0.29, 0.717) is 39.3 Å². The molecule has 0 bridgehead atoms. The highest BCUT2D eigenvalue weighted by molar-refractivity contribution is 5.79. The maximum Gasteiger partial charge on any atom is 0.260 e. The molecule has 2 aromatic rings. The molecule has 3 rings (SSSR count). The van der Waals surface area contributed by atoms with Gasteiger partial charge in [-0.3, -0.25) is 14.5 Å². The third-order valence-electron chi connectivity index (χ3n) is 5.23. The standard InChI is InChI=1S/C24H31N3O3/c1-2-12-25-23(28)18-26-13-15-27(16-14-26)24(29)19-30-22-11-7-6-10-21(22)17-20-8-4-3-5-9-20/h3-11H,2,12-19H2,1H3,(H,25,28). The van der Waals surface area contributed by atoms with Crippen molar-refractivity contribution in [3.63, 3.8) is 0 Å². The smallest absolute Gasteiger partial charge is 0.260 e. The third-order valence-corrected chi connectivity index (χ3v) is 5.23. The van der Waals surface area contributed by atoms with Crippen LogP contribution in [-0.4, -0.2) is 67.5 Å². The molecule has 30 heavy (non-hydrogen) atoms. The Hall–Kier alpha value is -2.86. The van der Waals surface area contributed by atoms with Crippen molar-refractivity contribution in [1.82, 2.24) is 15.1 Å². The molecule has 1 aliphatic rings. The quantitative estimate of drug-likeness (QED) is 0.691. The van der Waals surface area contributed by atoms with Crippen molar-refractivity contribution < 1.29 is 14.3 Å². The molecule has 0 spiro atoms. The lowest BCUT2D eigenvalue weighted by Gasteiger charge is -2.34. The molecule has 0 saturated carbocycles. The minimum absolute atomic E-state index is 0.0143. The summed E-state index contributed by atoms with van der Waals surface area (Å²) in [4.78, 5) is 28.4. The third kappa shape index (κ3) is 6.59. The van der Waals surface area contributed by atoms with Crippen LogP contribution in [0.25, 0.3) is 0 Å². The van der Waals surface area contributed by atoms with Gasteiger partial charge in [-0.15, -0.1) is 0 Å². The molecule has 2 aromatic carbocycles. The Kier molecular flexibility index (Phi) is 8.27. The Bertz CT molecular complexity index is 817. The number of nitrogens with one attached hydrogen (secondary N) is 1. The number of hydrogen-bond acceptors (Lipinski definition) is 4. The molecule has 0 aromatic heterocycles. The Morgan fingerprint density at radius 3 is 2.40 bits per heavy atom. The van der Waals surface area contributed by atoms with Gasteiger partial charge in [0.2, 0.25) is 5.91 Å². The van der Waals surface area contributed by atoms with Crippen LogP contribution < -0.4 is 10.1 Å². The predicted molar refractivity (Wildman–Crippen MR) is 118 cm³/mol. The number of ether oxygens (including phenoxy) is 1. The number of para-hydroxylation sites is 1. The molecule has 1 heterocycles. The SMILES string of the molecule is CCCNC(=O)CN1CCN(C(=O)COc2ccccc2Cc2ccccc2)CC1. The van der Waals surface area contributed by atoms with Gasteiger partial charge >= 0.3 is 0 Å². The second-order valence-electron chi connectivity index (χ2n) is 7.57. The molecule has 6 nitrogen and oxygen atoms in total. The normalized spacial score (nSPS) is 14.4. The van der Waals surface area contributed by atoms with E-state index in [-0.39, 0.29) is 18.4 Å². The van der Waals surface area contributed by atoms with E-state index in [9.17, 15) is 9.59 Å². The molecule has 6 heteroatoms. The molecule has 0 atom stereocenters. The first-order chi connectivity index (χ1) is 14.7. The summed E-state index contributed by atoms with van der Waals surface area (Å²) in [5.41, 5.74) is 2.28. The van der Waals surface area contributed by atoms with Crippen molar-refractivity contribution in [2.24, 2.45) is 0 Å². The summed E-state index contributed by atoms with van der Waals surface area (Å²) in [6.45, 7) is 5.82. The molecule has 160 valence electrons. The Balaban J connectivity index is 1.46. The van der Waals surface area contributed by atoms with Crippen molar-refractivity contribution in [2.75, 3.05) is 45.9 Å². The molecular formula is C24H31N3O3. The highest BCUT2D eigenvalue weighted by Gasteiger charge is 2.22. The molecule has 1 aliphatic heterocycles. The summed E-state index contributed by atoms with van der Waals surface area (Å²) >= 11 is 0. The lowest BCUT2D eigenvalue weighted by atomic mass is 10.0. The molecular weight excluding hydrogens is 378 g/mol. The maximum atomic E-state index is 12.6. The van der Waals surface area contributed by atoms with Crippen molar-refractivity contribution >= 4 is 11.8 Å². The van der Waals surface area contributed by atoms with Crippen LogP contribution in [-0.2, 0) is 16.0 Å². The van der Waals surface area contributed by atoms with E-state index in [1.807, 2.05) is 54.3 Å². The topological polar surface area (TPSA) is 61.9 Å². The largest absolute Gasteiger partial charge is 0.483 e. The second kappa shape index (κ2) is 11.4. The van der Waals surface area contributed by atoms with Crippen molar-refractivity contribution in [3.8, 4) is 5.75 Å². The van der Waals surface area contributed by atoms with Crippen LogP contribution in [0.15, 0.2) is 54.6 Å². The predicted octanol–water partition coefficient (Wildman–Crippen LogP) is 2.33. The number of amides is 2. The summed E-state index contributed by atoms with van der Waals surface area (Å²) in [5.74, 6) is 0.788. The summed E-state index contributed by atoms with van der Waals surface area (Å²) in [6.07, 6.45) is 1.70. The first kappa shape index (κ1) is 21.8. The van der Waals surface area contributed by atoms with E-state index in [0.717, 1.165) is 24.2 Å². The van der Waals surface area contributed by atoms with Gasteiger partial charge in [0.1, 0.15) is 5.75 Å². The number of carbonyl (C=O) groups is 2. The van der Waals surface area contributed by atoms with Gasteiger partial charge in [-0.05, 0) is 23.6 Å². The fourth-order valence-electron chi connectivity index (χ4n) is 3.52. The molecule has 1 saturated heterocycles. The van der Waals surface area contributed by atoms with E-state index in [1.165, 1.54) is 5.56 Å². The highest BCUT2D eigenvalue weighted by atomic mass is 16.5. The van der Waals surface area contributed by atoms with Crippen molar-refractivity contribution in [3.05, 3.63) is 65.7 Å². The van der Waals surface area contributed by atoms with E-state index < -0.39 is 0 Å². The number of piperazine rings is 1. The van der Waals surface area contributed by atoms with Gasteiger partial charge < -0.3 is 15.0 Å². The Morgan fingerprint density at radius 1 is 0.967 bits per heavy atom. The van der Waals surface area contributed by atoms with Crippen molar-refractivity contribution in [2.45, 2.75) is 19.8 Å². The molecule has 0 radical (unpaired) electrons. The fourth-order valence-corrected chi connectivity index (χ4v) is 3.52. The molecule has 0 unspecified atom stereocenters. The van der Waals surface area contributed by atoms with Crippen molar-refractivity contribution in [1.29, 1.82) is 0 Å². The van der Waals surface area contributed by atoms with Crippen LogP contribution in [0.2, 0.25) is 0 Å². The number of hydrogen-bond donors (Lipinski definition) is 1. The van der Waals surface area contributed by atoms with Crippen LogP contribution in [0.5, 0.6) is 5.75 Å². The lowest BCUT2D eigenvalue weighted by Crippen LogP contribution is -2.52. The minimum atomic E-state index is -0.0143. The summed E-state index contributed by atoms with van der Waals surface area (Å²) in [6, 6.07) is 18.1. The van der Waals surface area contributed by atoms with E-state index in [2.05, 4.69) is 22.3 Å². The van der Waals surface area contributed by atoms with Gasteiger partial charge in [0.05, 0.1) is 6.54 Å². The maximum absolute atomic E-state index is 12.6. The van der Waals surface area contributed by atoms with E-state index in [4.69, 9.17) is 4.74 Å². The first-order valence-electron chi connectivity index (χ1n) is 10.7. The monoisotopic (exact) mass is 409 g/mol. The minimum Gasteiger partial charge on any atom is -0.483 e. The second-order valence-corrected chi connectivity index (χ2v) is 7.57. The summed E-state index contributed by atoms with van der Waals surface area (Å²) in [7, 11) is 0. The Labute approximate surface area is 178 Å². The zero-order chi connectivity index (χ0) is 21.2. The van der Waals surface area contributed by atoms with Gasteiger partial charge in [-0.25, -0.2) is 0 Å². The molecule has 0 aliphatic carbocycles. The highest BCUT2D eigenvalue weighted by Crippen LogP contribution is 2.21. The zero-order valence-corrected chi connectivity index (χ0v) is 17.7. The number of carbonyl (C=O) groups excluding carboxylic acids is 2. The van der Waals surface area contributed by atoms with Gasteiger partial charge in [0.25, 0.3) is 5.91 Å². The molecule has 1 fully saturated rings. The van der Waals surface area contributed by atoms with Crippen LogP contribution in [0.4, 0.5) is 0 Å². The van der Waals surface area contributed by atoms with Gasteiger partial charge in [-0.2, -0.15) is 0 Å². The average molecular weight is 410 g/mol. The van der Waals surface area contributed by atoms with Gasteiger partial charge in [-0.1, -0.05) is 55.5 Å². The molecule has 1 N–H and O–H groups in total. The number of nitrogens with zero attached hydrogens (tertiary/aromatic N) is 2. The fraction of sp³-hybridized carbons (Fsp3) is 0.417. The van der Waals surface area contributed by atoms with Crippen LogP contribution >= 0.6 is 0 Å². The lowest BCUT2D eigenvalue weighted by molar-refractivity contribution is -0.135. The van der Waals surface area contributed by atoms with Gasteiger partial charge in [0.15, 0.2) is 6.61 Å². The number of rotatable bonds is 9.